The van der Waals surface area contributed by atoms with Crippen molar-refractivity contribution in [2.75, 3.05) is 13.6 Å². The lowest BCUT2D eigenvalue weighted by Crippen LogP contribution is -2.37. The summed E-state index contributed by atoms with van der Waals surface area (Å²) in [5.74, 6) is 0. The molecule has 0 aliphatic rings. The molecule has 1 aromatic heterocycles. The summed E-state index contributed by atoms with van der Waals surface area (Å²) in [5.41, 5.74) is 1.02. The second kappa shape index (κ2) is 6.15. The highest BCUT2D eigenvalue weighted by atomic mass is 16.2. The lowest BCUT2D eigenvalue weighted by molar-refractivity contribution is 0.205. The minimum atomic E-state index is -0.0327. The molecular weight excluding hydrogens is 204 g/mol. The van der Waals surface area contributed by atoms with E-state index in [1.807, 2.05) is 13.1 Å². The summed E-state index contributed by atoms with van der Waals surface area (Å²) in [6.45, 7) is 3.42. The van der Waals surface area contributed by atoms with Gasteiger partial charge in [-0.3, -0.25) is 4.68 Å². The fraction of sp³-hybridized carbons (Fsp3) is 0.636. The number of hydrogen-bond donors (Lipinski definition) is 1. The van der Waals surface area contributed by atoms with Crippen molar-refractivity contribution in [1.29, 1.82) is 0 Å². The van der Waals surface area contributed by atoms with Gasteiger partial charge in [0, 0.05) is 26.8 Å². The number of carbonyl (C=O) groups is 1. The van der Waals surface area contributed by atoms with Gasteiger partial charge < -0.3 is 10.2 Å². The van der Waals surface area contributed by atoms with E-state index in [4.69, 9.17) is 0 Å². The monoisotopic (exact) mass is 224 g/mol. The van der Waals surface area contributed by atoms with Gasteiger partial charge in [-0.05, 0) is 12.5 Å². The molecule has 90 valence electrons. The zero-order valence-electron chi connectivity index (χ0n) is 10.2. The van der Waals surface area contributed by atoms with Gasteiger partial charge in [0.25, 0.3) is 0 Å². The number of nitrogens with one attached hydrogen (secondary N) is 1. The molecule has 0 fully saturated rings. The predicted molar refractivity (Wildman–Crippen MR) is 63.0 cm³/mol. The zero-order valence-corrected chi connectivity index (χ0v) is 10.2. The van der Waals surface area contributed by atoms with Crippen molar-refractivity contribution in [1.82, 2.24) is 20.0 Å². The van der Waals surface area contributed by atoms with Crippen LogP contribution in [0.3, 0.4) is 0 Å². The van der Waals surface area contributed by atoms with Crippen LogP contribution in [0.5, 0.6) is 0 Å². The van der Waals surface area contributed by atoms with Crippen molar-refractivity contribution in [3.63, 3.8) is 0 Å². The van der Waals surface area contributed by atoms with Crippen LogP contribution in [0, 0.1) is 0 Å². The third kappa shape index (κ3) is 3.56. The molecule has 0 unspecified atom stereocenters. The summed E-state index contributed by atoms with van der Waals surface area (Å²) in [5, 5.41) is 6.94. The number of rotatable bonds is 5. The zero-order chi connectivity index (χ0) is 12.0. The maximum Gasteiger partial charge on any atom is 0.317 e. The summed E-state index contributed by atoms with van der Waals surface area (Å²) < 4.78 is 1.77. The van der Waals surface area contributed by atoms with Crippen LogP contribution in [0.2, 0.25) is 0 Å². The van der Waals surface area contributed by atoms with Gasteiger partial charge in [-0.15, -0.1) is 0 Å². The van der Waals surface area contributed by atoms with Crippen LogP contribution in [0.15, 0.2) is 12.3 Å². The molecule has 5 heteroatoms. The third-order valence-electron chi connectivity index (χ3n) is 2.47. The highest BCUT2D eigenvalue weighted by Gasteiger charge is 2.09. The van der Waals surface area contributed by atoms with Crippen LogP contribution in [-0.2, 0) is 13.6 Å². The highest BCUT2D eigenvalue weighted by molar-refractivity contribution is 5.73. The molecule has 0 atom stereocenters. The maximum atomic E-state index is 11.6. The van der Waals surface area contributed by atoms with Gasteiger partial charge in [-0.2, -0.15) is 5.10 Å². The largest absolute Gasteiger partial charge is 0.338 e. The molecule has 16 heavy (non-hydrogen) atoms. The first kappa shape index (κ1) is 12.5. The Morgan fingerprint density at radius 1 is 1.62 bits per heavy atom. The van der Waals surface area contributed by atoms with Crippen LogP contribution in [0.1, 0.15) is 25.5 Å². The molecule has 0 saturated heterocycles. The van der Waals surface area contributed by atoms with Gasteiger partial charge in [0.1, 0.15) is 0 Å². The summed E-state index contributed by atoms with van der Waals surface area (Å²) >= 11 is 0. The van der Waals surface area contributed by atoms with Crippen molar-refractivity contribution in [3.05, 3.63) is 18.0 Å². The Hall–Kier alpha value is -1.52. The molecule has 0 aromatic carbocycles. The smallest absolute Gasteiger partial charge is 0.317 e. The molecule has 1 heterocycles. The molecule has 0 bridgehead atoms. The van der Waals surface area contributed by atoms with Crippen molar-refractivity contribution in [3.8, 4) is 0 Å². The topological polar surface area (TPSA) is 50.2 Å². The Labute approximate surface area is 96.4 Å². The predicted octanol–water partition coefficient (Wildman–Crippen LogP) is 1.36. The summed E-state index contributed by atoms with van der Waals surface area (Å²) in [6, 6.07) is 1.88. The first-order valence-corrected chi connectivity index (χ1v) is 5.61. The minimum Gasteiger partial charge on any atom is -0.338 e. The lowest BCUT2D eigenvalue weighted by atomic mass is 10.3. The van der Waals surface area contributed by atoms with E-state index >= 15 is 0 Å². The van der Waals surface area contributed by atoms with Gasteiger partial charge in [0.05, 0.1) is 12.2 Å². The minimum absolute atomic E-state index is 0.0327. The standard InChI is InChI=1S/C11H20N4O/c1-4-5-7-12-11(16)14(2)9-10-6-8-13-15(10)3/h6,8H,4-5,7,9H2,1-3H3,(H,12,16). The van der Waals surface area contributed by atoms with E-state index in [0.717, 1.165) is 25.1 Å². The van der Waals surface area contributed by atoms with E-state index < -0.39 is 0 Å². The fourth-order valence-corrected chi connectivity index (χ4v) is 1.38. The van der Waals surface area contributed by atoms with Crippen molar-refractivity contribution < 1.29 is 4.79 Å². The number of urea groups is 1. The number of aromatic nitrogens is 2. The first-order valence-electron chi connectivity index (χ1n) is 5.61. The van der Waals surface area contributed by atoms with Crippen LogP contribution < -0.4 is 5.32 Å². The summed E-state index contributed by atoms with van der Waals surface area (Å²) in [7, 11) is 3.66. The molecular formula is C11H20N4O. The van der Waals surface area contributed by atoms with Crippen molar-refractivity contribution in [2.24, 2.45) is 7.05 Å². The summed E-state index contributed by atoms with van der Waals surface area (Å²) in [6.07, 6.45) is 3.84. The molecule has 1 N–H and O–H groups in total. The highest BCUT2D eigenvalue weighted by Crippen LogP contribution is 2.01. The SMILES string of the molecule is CCCCNC(=O)N(C)Cc1ccnn1C. The number of carbonyl (C=O) groups excluding carboxylic acids is 1. The van der Waals surface area contributed by atoms with E-state index in [9.17, 15) is 4.79 Å². The van der Waals surface area contributed by atoms with E-state index in [2.05, 4.69) is 17.3 Å². The Morgan fingerprint density at radius 2 is 2.38 bits per heavy atom. The number of aryl methyl sites for hydroxylation is 1. The first-order chi connectivity index (χ1) is 7.65. The van der Waals surface area contributed by atoms with E-state index in [1.54, 1.807) is 22.8 Å². The van der Waals surface area contributed by atoms with Gasteiger partial charge in [0.15, 0.2) is 0 Å². The van der Waals surface area contributed by atoms with Crippen molar-refractivity contribution in [2.45, 2.75) is 26.3 Å². The van der Waals surface area contributed by atoms with Crippen LogP contribution in [-0.4, -0.2) is 34.3 Å². The van der Waals surface area contributed by atoms with Gasteiger partial charge >= 0.3 is 6.03 Å². The Morgan fingerprint density at radius 3 is 2.94 bits per heavy atom. The number of hydrogen-bond acceptors (Lipinski definition) is 2. The van der Waals surface area contributed by atoms with Gasteiger partial charge in [-0.1, -0.05) is 13.3 Å². The summed E-state index contributed by atoms with van der Waals surface area (Å²) in [4.78, 5) is 13.3. The normalized spacial score (nSPS) is 10.2. The molecule has 1 rings (SSSR count). The molecule has 0 aliphatic carbocycles. The Bertz CT molecular complexity index is 334. The molecule has 0 spiro atoms. The second-order valence-electron chi connectivity index (χ2n) is 3.89. The van der Waals surface area contributed by atoms with E-state index in [0.29, 0.717) is 6.54 Å². The maximum absolute atomic E-state index is 11.6. The van der Waals surface area contributed by atoms with Gasteiger partial charge in [0.2, 0.25) is 0 Å². The second-order valence-corrected chi connectivity index (χ2v) is 3.89. The molecule has 5 nitrogen and oxygen atoms in total. The molecule has 2 amide bonds. The Balaban J connectivity index is 2.37. The lowest BCUT2D eigenvalue weighted by Gasteiger charge is -2.17. The van der Waals surface area contributed by atoms with Gasteiger partial charge in [-0.25, -0.2) is 4.79 Å². The number of unbranched alkanes of at least 4 members (excludes halogenated alkanes) is 1. The van der Waals surface area contributed by atoms with Crippen molar-refractivity contribution >= 4 is 6.03 Å². The third-order valence-corrected chi connectivity index (χ3v) is 2.47. The number of amides is 2. The average molecular weight is 224 g/mol. The fourth-order valence-electron chi connectivity index (χ4n) is 1.38. The molecule has 0 radical (unpaired) electrons. The Kier molecular flexibility index (Phi) is 4.82. The number of nitrogens with zero attached hydrogens (tertiary/aromatic N) is 3. The van der Waals surface area contributed by atoms with Crippen LogP contribution in [0.25, 0.3) is 0 Å². The average Bonchev–Trinajstić information content (AvgIpc) is 2.64. The van der Waals surface area contributed by atoms with E-state index in [1.165, 1.54) is 0 Å². The van der Waals surface area contributed by atoms with Crippen LogP contribution in [0.4, 0.5) is 4.79 Å². The van der Waals surface area contributed by atoms with Crippen LogP contribution >= 0.6 is 0 Å². The quantitative estimate of drug-likeness (QED) is 0.768. The molecule has 0 saturated carbocycles. The molecule has 1 aromatic rings. The van der Waals surface area contributed by atoms with E-state index in [-0.39, 0.29) is 6.03 Å². The molecule has 0 aliphatic heterocycles.